The van der Waals surface area contributed by atoms with Crippen molar-refractivity contribution in [3.8, 4) is 11.1 Å². The van der Waals surface area contributed by atoms with Crippen LogP contribution < -0.4 is 0 Å². The first-order valence-electron chi connectivity index (χ1n) is 10.6. The highest BCUT2D eigenvalue weighted by Gasteiger charge is 2.24. The number of nitrogens with zero attached hydrogens (tertiary/aromatic N) is 1. The molecule has 5 rings (SSSR count). The average Bonchev–Trinajstić information content (AvgIpc) is 3.29. The minimum atomic E-state index is -3.82. The van der Waals surface area contributed by atoms with E-state index in [2.05, 4.69) is 0 Å². The van der Waals surface area contributed by atoms with Crippen LogP contribution >= 0.6 is 0 Å². The van der Waals surface area contributed by atoms with E-state index in [4.69, 9.17) is 0 Å². The Morgan fingerprint density at radius 3 is 2.03 bits per heavy atom. The minimum Gasteiger partial charge on any atom is -0.289 e. The minimum absolute atomic E-state index is 0.148. The Morgan fingerprint density at radius 1 is 0.727 bits per heavy atom. The van der Waals surface area contributed by atoms with Crippen molar-refractivity contribution in [3.63, 3.8) is 0 Å². The lowest BCUT2D eigenvalue weighted by Gasteiger charge is -2.13. The zero-order valence-corrected chi connectivity index (χ0v) is 18.8. The molecule has 0 saturated heterocycles. The molecule has 33 heavy (non-hydrogen) atoms. The number of hydrogen-bond donors (Lipinski definition) is 0. The fourth-order valence-corrected chi connectivity index (χ4v) is 5.41. The molecular weight excluding hydrogens is 430 g/mol. The van der Waals surface area contributed by atoms with Crippen molar-refractivity contribution in [3.05, 3.63) is 126 Å². The van der Waals surface area contributed by atoms with Crippen molar-refractivity contribution in [2.24, 2.45) is 0 Å². The molecule has 0 aliphatic heterocycles. The van der Waals surface area contributed by atoms with E-state index in [1.165, 1.54) is 10.2 Å². The highest BCUT2D eigenvalue weighted by molar-refractivity contribution is 7.90. The summed E-state index contributed by atoms with van der Waals surface area (Å²) >= 11 is 0. The lowest BCUT2D eigenvalue weighted by atomic mass is 9.91. The maximum Gasteiger partial charge on any atom is 0.268 e. The van der Waals surface area contributed by atoms with Crippen molar-refractivity contribution < 1.29 is 13.2 Å². The summed E-state index contributed by atoms with van der Waals surface area (Å²) in [5.74, 6) is -0.148. The van der Waals surface area contributed by atoms with Gasteiger partial charge in [0, 0.05) is 22.7 Å². The second-order valence-electron chi connectivity index (χ2n) is 7.91. The number of ketones is 1. The monoisotopic (exact) mass is 451 g/mol. The molecule has 0 unspecified atom stereocenters. The zero-order valence-electron chi connectivity index (χ0n) is 18.0. The molecule has 0 fully saturated rings. The van der Waals surface area contributed by atoms with Gasteiger partial charge in [-0.25, -0.2) is 12.4 Å². The quantitative estimate of drug-likeness (QED) is 0.304. The van der Waals surface area contributed by atoms with Crippen LogP contribution in [0.5, 0.6) is 0 Å². The third-order valence-corrected chi connectivity index (χ3v) is 7.47. The van der Waals surface area contributed by atoms with Crippen LogP contribution in [0, 0.1) is 6.92 Å². The largest absolute Gasteiger partial charge is 0.289 e. The van der Waals surface area contributed by atoms with Crippen LogP contribution in [0.4, 0.5) is 0 Å². The van der Waals surface area contributed by atoms with Crippen molar-refractivity contribution in [1.29, 1.82) is 0 Å². The Hall–Kier alpha value is -3.96. The van der Waals surface area contributed by atoms with E-state index >= 15 is 0 Å². The number of benzene rings is 4. The summed E-state index contributed by atoms with van der Waals surface area (Å²) in [6.45, 7) is 1.91. The van der Waals surface area contributed by atoms with Crippen molar-refractivity contribution >= 4 is 26.7 Å². The number of rotatable bonds is 5. The van der Waals surface area contributed by atoms with Gasteiger partial charge in [-0.3, -0.25) is 4.79 Å². The summed E-state index contributed by atoms with van der Waals surface area (Å²) < 4.78 is 28.1. The molecule has 0 aliphatic carbocycles. The number of carbonyl (C=O) groups excluding carboxylic acids is 1. The van der Waals surface area contributed by atoms with E-state index in [1.54, 1.807) is 48.5 Å². The number of aromatic nitrogens is 1. The molecule has 4 aromatic carbocycles. The summed E-state index contributed by atoms with van der Waals surface area (Å²) in [4.78, 5) is 13.9. The van der Waals surface area contributed by atoms with E-state index in [0.717, 1.165) is 16.7 Å². The molecule has 1 heterocycles. The lowest BCUT2D eigenvalue weighted by molar-refractivity contribution is 0.104. The second-order valence-corrected chi connectivity index (χ2v) is 9.73. The first-order chi connectivity index (χ1) is 16.0. The summed E-state index contributed by atoms with van der Waals surface area (Å²) in [5.41, 5.74) is 4.15. The molecule has 0 radical (unpaired) electrons. The van der Waals surface area contributed by atoms with Crippen LogP contribution in [-0.4, -0.2) is 18.2 Å². The van der Waals surface area contributed by atoms with Crippen molar-refractivity contribution in [2.75, 3.05) is 0 Å². The molecule has 5 aromatic rings. The predicted molar refractivity (Wildman–Crippen MR) is 131 cm³/mol. The Morgan fingerprint density at radius 2 is 1.36 bits per heavy atom. The first-order valence-corrected chi connectivity index (χ1v) is 12.0. The summed E-state index contributed by atoms with van der Waals surface area (Å²) in [5, 5.41) is 0.598. The SMILES string of the molecule is Cc1ccc(S(=O)(=O)n2ccc3c(C(=O)c4ccccc4)c(-c4ccccc4)ccc32)cc1. The van der Waals surface area contributed by atoms with E-state index in [9.17, 15) is 13.2 Å². The smallest absolute Gasteiger partial charge is 0.268 e. The van der Waals surface area contributed by atoms with Gasteiger partial charge in [-0.1, -0.05) is 84.4 Å². The average molecular weight is 452 g/mol. The van der Waals surface area contributed by atoms with Gasteiger partial charge >= 0.3 is 0 Å². The summed E-state index contributed by atoms with van der Waals surface area (Å²) in [6, 6.07) is 30.8. The molecule has 0 atom stereocenters. The number of fused-ring (bicyclic) bond motifs is 1. The topological polar surface area (TPSA) is 56.1 Å². The Bertz CT molecular complexity index is 1570. The normalized spacial score (nSPS) is 11.5. The third kappa shape index (κ3) is 3.66. The molecule has 0 saturated carbocycles. The maximum atomic E-state index is 13.7. The highest BCUT2D eigenvalue weighted by Crippen LogP contribution is 2.34. The molecule has 0 spiro atoms. The van der Waals surface area contributed by atoms with Gasteiger partial charge in [0.05, 0.1) is 10.4 Å². The maximum absolute atomic E-state index is 13.7. The summed E-state index contributed by atoms with van der Waals surface area (Å²) in [6.07, 6.45) is 1.52. The van der Waals surface area contributed by atoms with Crippen molar-refractivity contribution in [1.82, 2.24) is 3.97 Å². The number of carbonyl (C=O) groups is 1. The van der Waals surface area contributed by atoms with Crippen LogP contribution in [-0.2, 0) is 10.0 Å². The molecule has 0 bridgehead atoms. The molecule has 5 heteroatoms. The highest BCUT2D eigenvalue weighted by atomic mass is 32.2. The molecule has 0 amide bonds. The van der Waals surface area contributed by atoms with Gasteiger partial charge in [-0.15, -0.1) is 0 Å². The van der Waals surface area contributed by atoms with Crippen LogP contribution in [0.3, 0.4) is 0 Å². The van der Waals surface area contributed by atoms with Gasteiger partial charge < -0.3 is 0 Å². The van der Waals surface area contributed by atoms with Gasteiger partial charge in [0.15, 0.2) is 5.78 Å². The molecule has 162 valence electrons. The molecule has 4 nitrogen and oxygen atoms in total. The lowest BCUT2D eigenvalue weighted by Crippen LogP contribution is -2.12. The summed E-state index contributed by atoms with van der Waals surface area (Å²) in [7, 11) is -3.82. The van der Waals surface area contributed by atoms with E-state index in [1.807, 2.05) is 61.5 Å². The Balaban J connectivity index is 1.76. The Labute approximate surface area is 192 Å². The van der Waals surface area contributed by atoms with Gasteiger partial charge in [0.25, 0.3) is 10.0 Å². The second kappa shape index (κ2) is 8.19. The van der Waals surface area contributed by atoms with Crippen LogP contribution in [0.25, 0.3) is 22.0 Å². The van der Waals surface area contributed by atoms with Crippen LogP contribution in [0.2, 0.25) is 0 Å². The van der Waals surface area contributed by atoms with Crippen LogP contribution in [0.15, 0.2) is 114 Å². The van der Waals surface area contributed by atoms with Gasteiger partial charge in [-0.2, -0.15) is 0 Å². The Kier molecular flexibility index (Phi) is 5.19. The standard InChI is InChI=1S/C28H21NO3S/c1-20-12-14-23(15-13-20)33(31,32)29-19-18-25-26(29)17-16-24(21-8-4-2-5-9-21)27(25)28(30)22-10-6-3-7-11-22/h2-19H,1H3. The molecule has 0 aliphatic rings. The predicted octanol–water partition coefficient (Wildman–Crippen LogP) is 6.08. The van der Waals surface area contributed by atoms with Gasteiger partial charge in [0.2, 0.25) is 0 Å². The fourth-order valence-electron chi connectivity index (χ4n) is 4.06. The van der Waals surface area contributed by atoms with Crippen LogP contribution in [0.1, 0.15) is 21.5 Å². The molecule has 0 N–H and O–H groups in total. The van der Waals surface area contributed by atoms with Gasteiger partial charge in [-0.05, 0) is 42.3 Å². The van der Waals surface area contributed by atoms with Gasteiger partial charge in [0.1, 0.15) is 0 Å². The molecule has 1 aromatic heterocycles. The fraction of sp³-hybridized carbons (Fsp3) is 0.0357. The van der Waals surface area contributed by atoms with E-state index in [-0.39, 0.29) is 10.7 Å². The number of hydrogen-bond acceptors (Lipinski definition) is 3. The van der Waals surface area contributed by atoms with E-state index < -0.39 is 10.0 Å². The van der Waals surface area contributed by atoms with E-state index in [0.29, 0.717) is 22.0 Å². The third-order valence-electron chi connectivity index (χ3n) is 5.76. The van der Waals surface area contributed by atoms with Crippen molar-refractivity contribution in [2.45, 2.75) is 11.8 Å². The number of aryl methyl sites for hydroxylation is 1. The first kappa shape index (κ1) is 20.9. The molecular formula is C28H21NO3S. The zero-order chi connectivity index (χ0) is 23.0.